The minimum atomic E-state index is 0.913. The molecule has 0 saturated carbocycles. The van der Waals surface area contributed by atoms with Crippen molar-refractivity contribution in [3.8, 4) is 5.75 Å². The monoisotopic (exact) mass is 260 g/mol. The average Bonchev–Trinajstić information content (AvgIpc) is 2.38. The van der Waals surface area contributed by atoms with Gasteiger partial charge in [0.15, 0.2) is 5.75 Å². The lowest BCUT2D eigenvalue weighted by atomic mass is 10.1. The molecule has 2 nitrogen and oxygen atoms in total. The third-order valence-electron chi connectivity index (χ3n) is 2.76. The summed E-state index contributed by atoms with van der Waals surface area (Å²) in [4.78, 5) is 1.14. The van der Waals surface area contributed by atoms with Gasteiger partial charge in [-0.05, 0) is 37.6 Å². The molecule has 18 heavy (non-hydrogen) atoms. The first-order valence-electron chi connectivity index (χ1n) is 5.87. The topological polar surface area (TPSA) is 21.3 Å². The number of methoxy groups -OCH3 is 1. The molecule has 0 fully saturated rings. The largest absolute Gasteiger partial charge is 0.491 e. The van der Waals surface area contributed by atoms with Gasteiger partial charge in [0.1, 0.15) is 11.9 Å². The van der Waals surface area contributed by atoms with E-state index in [9.17, 15) is 0 Å². The lowest BCUT2D eigenvalue weighted by molar-refractivity contribution is 0.405. The maximum absolute atomic E-state index is 5.34. The molecule has 0 atom stereocenters. The van der Waals surface area contributed by atoms with Gasteiger partial charge in [-0.2, -0.15) is 0 Å². The van der Waals surface area contributed by atoms with E-state index in [-0.39, 0.29) is 0 Å². The zero-order chi connectivity index (χ0) is 13.0. The number of para-hydroxylation sites is 1. The van der Waals surface area contributed by atoms with Crippen molar-refractivity contribution >= 4 is 17.6 Å². The van der Waals surface area contributed by atoms with Crippen molar-refractivity contribution in [2.24, 2.45) is 0 Å². The second-order valence-corrected chi connectivity index (χ2v) is 5.14. The van der Waals surface area contributed by atoms with Crippen molar-refractivity contribution in [3.63, 3.8) is 0 Å². The van der Waals surface area contributed by atoms with Crippen molar-refractivity contribution < 1.29 is 4.74 Å². The second kappa shape index (κ2) is 5.83. The molecule has 0 aliphatic heterocycles. The summed E-state index contributed by atoms with van der Waals surface area (Å²) in [5.74, 6) is 0.913. The Labute approximate surface area is 113 Å². The number of ether oxygens (including phenoxy) is 1. The molecule has 0 saturated heterocycles. The molecule has 0 aliphatic rings. The van der Waals surface area contributed by atoms with Gasteiger partial charge in [0.05, 0.1) is 12.8 Å². The molecule has 2 aromatic carbocycles. The normalized spacial score (nSPS) is 10.2. The van der Waals surface area contributed by atoms with Gasteiger partial charge in [-0.25, -0.2) is 4.72 Å². The molecular weight excluding hydrogens is 242 g/mol. The Morgan fingerprint density at radius 2 is 1.83 bits per heavy atom. The van der Waals surface area contributed by atoms with Crippen LogP contribution in [-0.4, -0.2) is 7.11 Å². The molecule has 2 rings (SSSR count). The van der Waals surface area contributed by atoms with Crippen molar-refractivity contribution in [1.82, 2.24) is 0 Å². The number of anilines is 1. The first-order chi connectivity index (χ1) is 8.70. The Bertz CT molecular complexity index is 540. The third-order valence-corrected chi connectivity index (χ3v) is 3.73. The first kappa shape index (κ1) is 12.8. The highest BCUT2D eigenvalue weighted by Gasteiger charge is 2.11. The van der Waals surface area contributed by atoms with Crippen LogP contribution >= 0.6 is 0 Å². The predicted molar refractivity (Wildman–Crippen MR) is 79.6 cm³/mol. The molecule has 0 spiro atoms. The second-order valence-electron chi connectivity index (χ2n) is 4.21. The molecule has 94 valence electrons. The van der Waals surface area contributed by atoms with Crippen LogP contribution in [-0.2, 0) is 11.9 Å². The molecule has 3 heteroatoms. The number of thiol groups is 1. The van der Waals surface area contributed by atoms with Crippen LogP contribution in [0.15, 0.2) is 47.4 Å². The zero-order valence-corrected chi connectivity index (χ0v) is 11.8. The Morgan fingerprint density at radius 1 is 1.06 bits per heavy atom. The molecular formula is C15H18NOS+. The number of rotatable bonds is 4. The first-order valence-corrected chi connectivity index (χ1v) is 6.77. The fourth-order valence-corrected chi connectivity index (χ4v) is 2.71. The smallest absolute Gasteiger partial charge is 0.220 e. The standard InChI is InChI=1S/C15H17NOS/c1-11-8-9-13(12(2)10-11)16-18-15-7-5-4-6-14(15)17-3/h4-10,16H,1-3H3/p+1. The highest BCUT2D eigenvalue weighted by atomic mass is 32.2. The van der Waals surface area contributed by atoms with E-state index in [1.807, 2.05) is 18.2 Å². The van der Waals surface area contributed by atoms with E-state index < -0.39 is 0 Å². The molecule has 0 aliphatic carbocycles. The number of nitrogens with one attached hydrogen (secondary N) is 1. The maximum atomic E-state index is 5.34. The van der Waals surface area contributed by atoms with E-state index in [0.717, 1.165) is 28.3 Å². The lowest BCUT2D eigenvalue weighted by Gasteiger charge is -2.05. The van der Waals surface area contributed by atoms with Crippen molar-refractivity contribution in [1.29, 1.82) is 0 Å². The summed E-state index contributed by atoms with van der Waals surface area (Å²) in [6.07, 6.45) is 0. The Kier molecular flexibility index (Phi) is 4.15. The van der Waals surface area contributed by atoms with Crippen LogP contribution < -0.4 is 9.46 Å². The van der Waals surface area contributed by atoms with Gasteiger partial charge in [0.25, 0.3) is 0 Å². The number of hydrogen-bond acceptors (Lipinski definition) is 2. The summed E-state index contributed by atoms with van der Waals surface area (Å²) in [7, 11) is 1.70. The lowest BCUT2D eigenvalue weighted by Crippen LogP contribution is -2.01. The van der Waals surface area contributed by atoms with E-state index >= 15 is 0 Å². The quantitative estimate of drug-likeness (QED) is 0.671. The molecule has 2 aromatic rings. The third kappa shape index (κ3) is 2.99. The summed E-state index contributed by atoms with van der Waals surface area (Å²) < 4.78 is 8.76. The fraction of sp³-hybridized carbons (Fsp3) is 0.200. The van der Waals surface area contributed by atoms with Gasteiger partial charge in [-0.3, -0.25) is 0 Å². The molecule has 0 aromatic heterocycles. The van der Waals surface area contributed by atoms with E-state index in [4.69, 9.17) is 4.74 Å². The summed E-state index contributed by atoms with van der Waals surface area (Å²) >= 11 is 1.04. The van der Waals surface area contributed by atoms with Gasteiger partial charge in [-0.1, -0.05) is 29.8 Å². The van der Waals surface area contributed by atoms with Gasteiger partial charge in [0.2, 0.25) is 4.90 Å². The Hall–Kier alpha value is -1.61. The molecule has 0 unspecified atom stereocenters. The highest BCUT2D eigenvalue weighted by Crippen LogP contribution is 2.22. The summed E-state index contributed by atoms with van der Waals surface area (Å²) in [5.41, 5.74) is 3.71. The van der Waals surface area contributed by atoms with Crippen LogP contribution in [0.25, 0.3) is 0 Å². The van der Waals surface area contributed by atoms with Crippen LogP contribution in [0.2, 0.25) is 0 Å². The molecule has 0 amide bonds. The van der Waals surface area contributed by atoms with E-state index in [0.29, 0.717) is 0 Å². The van der Waals surface area contributed by atoms with Crippen molar-refractivity contribution in [2.75, 3.05) is 11.8 Å². The fourth-order valence-electron chi connectivity index (χ4n) is 1.78. The van der Waals surface area contributed by atoms with E-state index in [1.54, 1.807) is 7.11 Å². The van der Waals surface area contributed by atoms with Crippen LogP contribution in [0.5, 0.6) is 5.75 Å². The molecule has 0 heterocycles. The SMILES string of the molecule is COc1ccccc1[SH+]Nc1ccc(C)cc1C. The van der Waals surface area contributed by atoms with E-state index in [1.165, 1.54) is 11.1 Å². The van der Waals surface area contributed by atoms with Gasteiger partial charge in [-0.15, -0.1) is 0 Å². The maximum Gasteiger partial charge on any atom is 0.220 e. The van der Waals surface area contributed by atoms with Crippen LogP contribution in [0.1, 0.15) is 11.1 Å². The zero-order valence-electron chi connectivity index (χ0n) is 10.9. The van der Waals surface area contributed by atoms with Gasteiger partial charge >= 0.3 is 0 Å². The summed E-state index contributed by atoms with van der Waals surface area (Å²) in [6.45, 7) is 4.22. The number of hydrogen-bond donors (Lipinski definition) is 1. The van der Waals surface area contributed by atoms with Crippen LogP contribution in [0.4, 0.5) is 5.69 Å². The molecule has 1 N–H and O–H groups in total. The minimum Gasteiger partial charge on any atom is -0.491 e. The van der Waals surface area contributed by atoms with Gasteiger partial charge < -0.3 is 4.74 Å². The molecule has 0 bridgehead atoms. The van der Waals surface area contributed by atoms with E-state index in [2.05, 4.69) is 42.8 Å². The molecule has 0 radical (unpaired) electrons. The predicted octanol–water partition coefficient (Wildman–Crippen LogP) is 3.51. The average molecular weight is 260 g/mol. The summed E-state index contributed by atoms with van der Waals surface area (Å²) in [6, 6.07) is 14.5. The van der Waals surface area contributed by atoms with Crippen LogP contribution in [0, 0.1) is 13.8 Å². The van der Waals surface area contributed by atoms with Crippen LogP contribution in [0.3, 0.4) is 0 Å². The van der Waals surface area contributed by atoms with Crippen molar-refractivity contribution in [2.45, 2.75) is 18.7 Å². The minimum absolute atomic E-state index is 0.913. The number of aryl methyl sites for hydroxylation is 2. The Morgan fingerprint density at radius 3 is 2.56 bits per heavy atom. The van der Waals surface area contributed by atoms with Gasteiger partial charge in [0, 0.05) is 0 Å². The number of benzene rings is 2. The Balaban J connectivity index is 2.11. The highest BCUT2D eigenvalue weighted by molar-refractivity contribution is 7.80. The van der Waals surface area contributed by atoms with Crippen molar-refractivity contribution in [3.05, 3.63) is 53.6 Å². The summed E-state index contributed by atoms with van der Waals surface area (Å²) in [5, 5.41) is 0.